The Hall–Kier alpha value is -1.20. The van der Waals surface area contributed by atoms with E-state index in [1.54, 1.807) is 6.07 Å². The predicted molar refractivity (Wildman–Crippen MR) is 60.4 cm³/mol. The molecule has 0 saturated heterocycles. The van der Waals surface area contributed by atoms with Crippen molar-refractivity contribution in [2.24, 2.45) is 0 Å². The molecule has 1 aromatic heterocycles. The molecule has 0 aliphatic rings. The lowest BCUT2D eigenvalue weighted by molar-refractivity contribution is 0.712. The summed E-state index contributed by atoms with van der Waals surface area (Å²) in [6.45, 7) is 2.08. The zero-order valence-corrected chi connectivity index (χ0v) is 8.88. The average Bonchev–Trinajstić information content (AvgIpc) is 2.17. The summed E-state index contributed by atoms with van der Waals surface area (Å²) < 4.78 is 0. The molecule has 0 spiro atoms. The van der Waals surface area contributed by atoms with Gasteiger partial charge in [0.25, 0.3) is 0 Å². The van der Waals surface area contributed by atoms with Crippen LogP contribution in [0.4, 0.5) is 5.82 Å². The van der Waals surface area contributed by atoms with Crippen LogP contribution in [0.25, 0.3) is 0 Å². The molecule has 0 saturated carbocycles. The molecule has 1 aromatic rings. The van der Waals surface area contributed by atoms with Gasteiger partial charge in [-0.1, -0.05) is 24.6 Å². The summed E-state index contributed by atoms with van der Waals surface area (Å²) in [7, 11) is 0. The number of terminal acetylenes is 1. The van der Waals surface area contributed by atoms with Crippen LogP contribution in [0.1, 0.15) is 19.8 Å². The Labute approximate surface area is 89.7 Å². The first-order valence-electron chi connectivity index (χ1n) is 4.58. The van der Waals surface area contributed by atoms with E-state index in [4.69, 9.17) is 18.0 Å². The molecular formula is C11H13ClN2. The fraction of sp³-hybridized carbons (Fsp3) is 0.364. The van der Waals surface area contributed by atoms with Crippen LogP contribution in [-0.2, 0) is 0 Å². The van der Waals surface area contributed by atoms with Gasteiger partial charge in [0.15, 0.2) is 0 Å². The summed E-state index contributed by atoms with van der Waals surface area (Å²) in [6, 6.07) is 5.76. The van der Waals surface area contributed by atoms with Gasteiger partial charge in [0.1, 0.15) is 11.0 Å². The number of hydrogen-bond donors (Lipinski definition) is 1. The summed E-state index contributed by atoms with van der Waals surface area (Å²) in [5, 5.41) is 3.72. The Balaban J connectivity index is 2.63. The van der Waals surface area contributed by atoms with Crippen molar-refractivity contribution in [3.63, 3.8) is 0 Å². The lowest BCUT2D eigenvalue weighted by atomic mass is 10.1. The zero-order valence-electron chi connectivity index (χ0n) is 8.13. The second kappa shape index (κ2) is 5.51. The summed E-state index contributed by atoms with van der Waals surface area (Å²) in [6.07, 6.45) is 6.92. The van der Waals surface area contributed by atoms with E-state index in [9.17, 15) is 0 Å². The molecule has 0 aliphatic carbocycles. The molecule has 1 N–H and O–H groups in total. The Kier molecular flexibility index (Phi) is 4.28. The standard InChI is InChI=1S/C11H13ClN2/c1-3-6-9(4-2)13-11-8-5-7-10(12)14-11/h1,5,7-9H,4,6H2,2H3,(H,13,14). The van der Waals surface area contributed by atoms with E-state index in [2.05, 4.69) is 23.1 Å². The van der Waals surface area contributed by atoms with E-state index in [-0.39, 0.29) is 6.04 Å². The van der Waals surface area contributed by atoms with Gasteiger partial charge < -0.3 is 5.32 Å². The van der Waals surface area contributed by atoms with Crippen LogP contribution in [-0.4, -0.2) is 11.0 Å². The highest BCUT2D eigenvalue weighted by Crippen LogP contribution is 2.12. The van der Waals surface area contributed by atoms with Crippen LogP contribution >= 0.6 is 11.6 Å². The number of anilines is 1. The minimum Gasteiger partial charge on any atom is -0.366 e. The van der Waals surface area contributed by atoms with Crippen molar-refractivity contribution in [2.75, 3.05) is 5.32 Å². The summed E-state index contributed by atoms with van der Waals surface area (Å²) >= 11 is 5.76. The summed E-state index contributed by atoms with van der Waals surface area (Å²) in [5.74, 6) is 3.41. The molecule has 0 radical (unpaired) electrons. The Morgan fingerprint density at radius 2 is 2.43 bits per heavy atom. The predicted octanol–water partition coefficient (Wildman–Crippen LogP) is 2.95. The summed E-state index contributed by atoms with van der Waals surface area (Å²) in [5.41, 5.74) is 0. The second-order valence-corrected chi connectivity index (χ2v) is 3.39. The lowest BCUT2D eigenvalue weighted by Gasteiger charge is -2.14. The summed E-state index contributed by atoms with van der Waals surface area (Å²) in [4.78, 5) is 4.13. The SMILES string of the molecule is C#CCC(CC)Nc1cccc(Cl)n1. The molecule has 1 heterocycles. The first-order chi connectivity index (χ1) is 6.76. The Morgan fingerprint density at radius 3 is 3.00 bits per heavy atom. The monoisotopic (exact) mass is 208 g/mol. The number of pyridine rings is 1. The third-order valence-electron chi connectivity index (χ3n) is 1.92. The third-order valence-corrected chi connectivity index (χ3v) is 2.13. The van der Waals surface area contributed by atoms with Crippen molar-refractivity contribution in [3.05, 3.63) is 23.4 Å². The number of rotatable bonds is 4. The van der Waals surface area contributed by atoms with Gasteiger partial charge in [-0.2, -0.15) is 0 Å². The fourth-order valence-electron chi connectivity index (χ4n) is 1.14. The fourth-order valence-corrected chi connectivity index (χ4v) is 1.30. The molecule has 3 heteroatoms. The highest BCUT2D eigenvalue weighted by molar-refractivity contribution is 6.29. The average molecular weight is 209 g/mol. The van der Waals surface area contributed by atoms with Crippen LogP contribution in [0.15, 0.2) is 18.2 Å². The quantitative estimate of drug-likeness (QED) is 0.608. The zero-order chi connectivity index (χ0) is 10.4. The second-order valence-electron chi connectivity index (χ2n) is 3.00. The van der Waals surface area contributed by atoms with Crippen LogP contribution in [0, 0.1) is 12.3 Å². The normalized spacial score (nSPS) is 11.8. The number of halogens is 1. The highest BCUT2D eigenvalue weighted by atomic mass is 35.5. The largest absolute Gasteiger partial charge is 0.366 e. The number of nitrogens with zero attached hydrogens (tertiary/aromatic N) is 1. The van der Waals surface area contributed by atoms with Gasteiger partial charge >= 0.3 is 0 Å². The molecule has 1 unspecified atom stereocenters. The smallest absolute Gasteiger partial charge is 0.131 e. The van der Waals surface area contributed by atoms with Gasteiger partial charge in [-0.25, -0.2) is 4.98 Å². The molecule has 74 valence electrons. The van der Waals surface area contributed by atoms with Crippen LogP contribution in [0.2, 0.25) is 5.15 Å². The first kappa shape index (κ1) is 10.9. The maximum Gasteiger partial charge on any atom is 0.131 e. The van der Waals surface area contributed by atoms with E-state index < -0.39 is 0 Å². The van der Waals surface area contributed by atoms with Gasteiger partial charge in [-0.3, -0.25) is 0 Å². The number of hydrogen-bond acceptors (Lipinski definition) is 2. The third kappa shape index (κ3) is 3.27. The van der Waals surface area contributed by atoms with Gasteiger partial charge in [0, 0.05) is 12.5 Å². The molecule has 0 aliphatic heterocycles. The molecular weight excluding hydrogens is 196 g/mol. The van der Waals surface area contributed by atoms with Gasteiger partial charge in [0.2, 0.25) is 0 Å². The maximum absolute atomic E-state index is 5.76. The molecule has 1 atom stereocenters. The first-order valence-corrected chi connectivity index (χ1v) is 4.96. The van der Waals surface area contributed by atoms with E-state index in [1.165, 1.54) is 0 Å². The van der Waals surface area contributed by atoms with Crippen molar-refractivity contribution in [3.8, 4) is 12.3 Å². The lowest BCUT2D eigenvalue weighted by Crippen LogP contribution is -2.18. The van der Waals surface area contributed by atoms with Crippen molar-refractivity contribution in [1.82, 2.24) is 4.98 Å². The van der Waals surface area contributed by atoms with Crippen LogP contribution in [0.3, 0.4) is 0 Å². The van der Waals surface area contributed by atoms with Crippen LogP contribution < -0.4 is 5.32 Å². The minimum absolute atomic E-state index is 0.269. The topological polar surface area (TPSA) is 24.9 Å². The van der Waals surface area contributed by atoms with Crippen molar-refractivity contribution >= 4 is 17.4 Å². The molecule has 0 aromatic carbocycles. The Morgan fingerprint density at radius 1 is 1.64 bits per heavy atom. The molecule has 2 nitrogen and oxygen atoms in total. The van der Waals surface area contributed by atoms with Crippen LogP contribution in [0.5, 0.6) is 0 Å². The van der Waals surface area contributed by atoms with E-state index in [0.29, 0.717) is 11.6 Å². The molecule has 0 amide bonds. The number of nitrogens with one attached hydrogen (secondary N) is 1. The van der Waals surface area contributed by atoms with Gasteiger partial charge in [0.05, 0.1) is 0 Å². The maximum atomic E-state index is 5.76. The number of aromatic nitrogens is 1. The van der Waals surface area contributed by atoms with Gasteiger partial charge in [-0.15, -0.1) is 12.3 Å². The van der Waals surface area contributed by atoms with Crippen molar-refractivity contribution in [1.29, 1.82) is 0 Å². The van der Waals surface area contributed by atoms with E-state index in [1.807, 2.05) is 12.1 Å². The minimum atomic E-state index is 0.269. The highest BCUT2D eigenvalue weighted by Gasteiger charge is 2.04. The molecule has 0 fully saturated rings. The molecule has 1 rings (SSSR count). The molecule has 0 bridgehead atoms. The Bertz CT molecular complexity index is 330. The van der Waals surface area contributed by atoms with Gasteiger partial charge in [-0.05, 0) is 18.6 Å². The van der Waals surface area contributed by atoms with E-state index >= 15 is 0 Å². The van der Waals surface area contributed by atoms with E-state index in [0.717, 1.165) is 12.2 Å². The molecule has 14 heavy (non-hydrogen) atoms. The van der Waals surface area contributed by atoms with Crippen molar-refractivity contribution < 1.29 is 0 Å². The van der Waals surface area contributed by atoms with Crippen molar-refractivity contribution in [2.45, 2.75) is 25.8 Å².